The van der Waals surface area contributed by atoms with Crippen LogP contribution in [0.15, 0.2) is 36.4 Å². The highest BCUT2D eigenvalue weighted by molar-refractivity contribution is 5.92. The highest BCUT2D eigenvalue weighted by Gasteiger charge is 2.22. The monoisotopic (exact) mass is 313 g/mol. The number of aromatic nitrogens is 2. The van der Waals surface area contributed by atoms with Gasteiger partial charge in [-0.15, -0.1) is 0 Å². The zero-order chi connectivity index (χ0) is 16.1. The number of nitrogens with zero attached hydrogens (tertiary/aromatic N) is 3. The van der Waals surface area contributed by atoms with E-state index >= 15 is 0 Å². The predicted molar refractivity (Wildman–Crippen MR) is 89.1 cm³/mol. The van der Waals surface area contributed by atoms with Crippen LogP contribution >= 0.6 is 0 Å². The lowest BCUT2D eigenvalue weighted by Crippen LogP contribution is -2.32. The average molecular weight is 313 g/mol. The second kappa shape index (κ2) is 7.31. The Morgan fingerprint density at radius 1 is 1.13 bits per heavy atom. The lowest BCUT2D eigenvalue weighted by Gasteiger charge is -2.18. The minimum Gasteiger partial charge on any atom is -0.478 e. The van der Waals surface area contributed by atoms with Crippen LogP contribution in [0.1, 0.15) is 43.1 Å². The summed E-state index contributed by atoms with van der Waals surface area (Å²) in [7, 11) is 0. The Morgan fingerprint density at radius 2 is 1.83 bits per heavy atom. The summed E-state index contributed by atoms with van der Waals surface area (Å²) < 4.78 is 7.37. The van der Waals surface area contributed by atoms with Crippen molar-refractivity contribution in [1.82, 2.24) is 14.7 Å². The number of para-hydroxylation sites is 1. The highest BCUT2D eigenvalue weighted by Crippen LogP contribution is 2.21. The van der Waals surface area contributed by atoms with Gasteiger partial charge in [-0.25, -0.2) is 4.68 Å². The van der Waals surface area contributed by atoms with Gasteiger partial charge in [0.15, 0.2) is 5.69 Å². The van der Waals surface area contributed by atoms with Crippen molar-refractivity contribution in [2.24, 2.45) is 0 Å². The molecule has 1 aromatic heterocycles. The average Bonchev–Trinajstić information content (AvgIpc) is 2.82. The van der Waals surface area contributed by atoms with Crippen LogP contribution in [0.3, 0.4) is 0 Å². The zero-order valence-corrected chi connectivity index (χ0v) is 13.6. The molecular weight excluding hydrogens is 290 g/mol. The fraction of sp³-hybridized carbons (Fsp3) is 0.444. The number of hydrogen-bond donors (Lipinski definition) is 0. The molecule has 1 aromatic carbocycles. The molecule has 3 rings (SSSR count). The molecule has 122 valence electrons. The molecule has 0 bridgehead atoms. The van der Waals surface area contributed by atoms with Crippen LogP contribution in [0.4, 0.5) is 0 Å². The molecule has 1 fully saturated rings. The van der Waals surface area contributed by atoms with Crippen LogP contribution in [-0.4, -0.2) is 40.3 Å². The lowest BCUT2D eigenvalue weighted by atomic mass is 10.2. The number of carbonyl (C=O) groups excluding carboxylic acids is 1. The van der Waals surface area contributed by atoms with Crippen LogP contribution in [0.5, 0.6) is 5.88 Å². The van der Waals surface area contributed by atoms with Crippen molar-refractivity contribution in [2.45, 2.75) is 32.6 Å². The topological polar surface area (TPSA) is 47.4 Å². The van der Waals surface area contributed by atoms with Crippen molar-refractivity contribution in [2.75, 3.05) is 19.7 Å². The number of likely N-dealkylation sites (tertiary alicyclic amines) is 1. The molecule has 0 saturated carbocycles. The molecule has 2 heterocycles. The van der Waals surface area contributed by atoms with Gasteiger partial charge in [-0.3, -0.25) is 4.79 Å². The number of ether oxygens (including phenoxy) is 1. The molecule has 0 unspecified atom stereocenters. The van der Waals surface area contributed by atoms with E-state index in [1.54, 1.807) is 10.7 Å². The molecule has 1 amide bonds. The molecule has 1 saturated heterocycles. The van der Waals surface area contributed by atoms with Crippen LogP contribution < -0.4 is 4.74 Å². The lowest BCUT2D eigenvalue weighted by molar-refractivity contribution is 0.0755. The smallest absolute Gasteiger partial charge is 0.274 e. The Hall–Kier alpha value is -2.30. The van der Waals surface area contributed by atoms with Gasteiger partial charge in [0.2, 0.25) is 5.88 Å². The van der Waals surface area contributed by atoms with E-state index in [0.29, 0.717) is 18.2 Å². The predicted octanol–water partition coefficient (Wildman–Crippen LogP) is 3.29. The van der Waals surface area contributed by atoms with Crippen molar-refractivity contribution in [3.63, 3.8) is 0 Å². The number of benzene rings is 1. The van der Waals surface area contributed by atoms with Gasteiger partial charge in [0.1, 0.15) is 0 Å². The molecule has 1 aliphatic heterocycles. The normalized spacial score (nSPS) is 15.3. The maximum absolute atomic E-state index is 12.7. The number of carbonyl (C=O) groups is 1. The third-order valence-electron chi connectivity index (χ3n) is 4.08. The summed E-state index contributed by atoms with van der Waals surface area (Å²) in [6.45, 7) is 4.11. The highest BCUT2D eigenvalue weighted by atomic mass is 16.5. The molecule has 5 heteroatoms. The van der Waals surface area contributed by atoms with Crippen molar-refractivity contribution >= 4 is 5.91 Å². The summed E-state index contributed by atoms with van der Waals surface area (Å²) in [5.74, 6) is 0.611. The third-order valence-corrected chi connectivity index (χ3v) is 4.08. The van der Waals surface area contributed by atoms with E-state index in [1.807, 2.05) is 42.2 Å². The third kappa shape index (κ3) is 3.55. The molecule has 0 atom stereocenters. The Labute approximate surface area is 136 Å². The van der Waals surface area contributed by atoms with Gasteiger partial charge < -0.3 is 9.64 Å². The number of hydrogen-bond acceptors (Lipinski definition) is 3. The molecule has 0 radical (unpaired) electrons. The molecule has 2 aromatic rings. The Balaban J connectivity index is 1.89. The van der Waals surface area contributed by atoms with Crippen LogP contribution in [0, 0.1) is 0 Å². The summed E-state index contributed by atoms with van der Waals surface area (Å²) in [6.07, 6.45) is 4.55. The van der Waals surface area contributed by atoms with Crippen molar-refractivity contribution < 1.29 is 9.53 Å². The van der Waals surface area contributed by atoms with E-state index in [2.05, 4.69) is 5.10 Å². The van der Waals surface area contributed by atoms with Crippen LogP contribution in [0.2, 0.25) is 0 Å². The van der Waals surface area contributed by atoms with Gasteiger partial charge in [0, 0.05) is 19.2 Å². The molecule has 0 aliphatic carbocycles. The summed E-state index contributed by atoms with van der Waals surface area (Å²) in [4.78, 5) is 14.7. The second-order valence-corrected chi connectivity index (χ2v) is 5.75. The standard InChI is InChI=1S/C18H23N3O2/c1-2-23-17-14-16(18(22)20-12-8-3-4-9-13-20)19-21(17)15-10-6-5-7-11-15/h5-7,10-11,14H,2-4,8-9,12-13H2,1H3. The molecule has 5 nitrogen and oxygen atoms in total. The Morgan fingerprint density at radius 3 is 2.48 bits per heavy atom. The van der Waals surface area contributed by atoms with Gasteiger partial charge in [-0.1, -0.05) is 31.0 Å². The minimum absolute atomic E-state index is 0.00235. The van der Waals surface area contributed by atoms with E-state index < -0.39 is 0 Å². The van der Waals surface area contributed by atoms with Gasteiger partial charge in [-0.05, 0) is 31.9 Å². The first kappa shape index (κ1) is 15.6. The van der Waals surface area contributed by atoms with E-state index in [4.69, 9.17) is 4.74 Å². The first-order valence-electron chi connectivity index (χ1n) is 8.37. The van der Waals surface area contributed by atoms with Crippen LogP contribution in [0.25, 0.3) is 5.69 Å². The van der Waals surface area contributed by atoms with Gasteiger partial charge >= 0.3 is 0 Å². The van der Waals surface area contributed by atoms with Crippen molar-refractivity contribution in [1.29, 1.82) is 0 Å². The summed E-state index contributed by atoms with van der Waals surface area (Å²) in [5, 5.41) is 4.51. The van der Waals surface area contributed by atoms with Crippen LogP contribution in [-0.2, 0) is 0 Å². The molecule has 0 spiro atoms. The van der Waals surface area contributed by atoms with E-state index in [1.165, 1.54) is 12.8 Å². The number of amides is 1. The van der Waals surface area contributed by atoms with Crippen molar-refractivity contribution in [3.05, 3.63) is 42.1 Å². The molecular formula is C18H23N3O2. The second-order valence-electron chi connectivity index (χ2n) is 5.75. The van der Waals surface area contributed by atoms with Gasteiger partial charge in [0.25, 0.3) is 5.91 Å². The molecule has 0 N–H and O–H groups in total. The zero-order valence-electron chi connectivity index (χ0n) is 13.6. The van der Waals surface area contributed by atoms with Crippen molar-refractivity contribution in [3.8, 4) is 11.6 Å². The molecule has 1 aliphatic rings. The van der Waals surface area contributed by atoms with Gasteiger partial charge in [-0.2, -0.15) is 5.10 Å². The Bertz CT molecular complexity index is 644. The molecule has 23 heavy (non-hydrogen) atoms. The summed E-state index contributed by atoms with van der Waals surface area (Å²) >= 11 is 0. The van der Waals surface area contributed by atoms with Gasteiger partial charge in [0.05, 0.1) is 12.3 Å². The first-order valence-corrected chi connectivity index (χ1v) is 8.37. The largest absolute Gasteiger partial charge is 0.478 e. The maximum Gasteiger partial charge on any atom is 0.274 e. The fourth-order valence-corrected chi connectivity index (χ4v) is 2.91. The number of rotatable bonds is 4. The van der Waals surface area contributed by atoms with E-state index in [-0.39, 0.29) is 5.91 Å². The van der Waals surface area contributed by atoms with E-state index in [0.717, 1.165) is 31.6 Å². The minimum atomic E-state index is 0.00235. The Kier molecular flexibility index (Phi) is 4.95. The summed E-state index contributed by atoms with van der Waals surface area (Å²) in [6, 6.07) is 11.5. The fourth-order valence-electron chi connectivity index (χ4n) is 2.91. The van der Waals surface area contributed by atoms with E-state index in [9.17, 15) is 4.79 Å². The SMILES string of the molecule is CCOc1cc(C(=O)N2CCCCCC2)nn1-c1ccccc1. The first-order chi connectivity index (χ1) is 11.3. The summed E-state index contributed by atoms with van der Waals surface area (Å²) in [5.41, 5.74) is 1.35. The quantitative estimate of drug-likeness (QED) is 0.870. The maximum atomic E-state index is 12.7.